The van der Waals surface area contributed by atoms with E-state index in [4.69, 9.17) is 0 Å². The van der Waals surface area contributed by atoms with Crippen LogP contribution in [0, 0.1) is 6.92 Å². The van der Waals surface area contributed by atoms with E-state index in [0.29, 0.717) is 30.7 Å². The Kier molecular flexibility index (Phi) is 3.85. The van der Waals surface area contributed by atoms with Crippen LogP contribution in [0.2, 0.25) is 0 Å². The maximum Gasteiger partial charge on any atom is 0.347 e. The summed E-state index contributed by atoms with van der Waals surface area (Å²) >= 11 is 0. The number of nitrogens with zero attached hydrogens (tertiary/aromatic N) is 3. The summed E-state index contributed by atoms with van der Waals surface area (Å²) in [6.45, 7) is 1.74. The first-order valence-electron chi connectivity index (χ1n) is 7.48. The van der Waals surface area contributed by atoms with Crippen molar-refractivity contribution in [1.82, 2.24) is 14.3 Å². The number of Topliss-reactive ketones (excluding diaryl/α,β-unsaturated/α-hetero) is 1. The molecule has 0 aliphatic carbocycles. The van der Waals surface area contributed by atoms with Crippen LogP contribution in [0.5, 0.6) is 0 Å². The summed E-state index contributed by atoms with van der Waals surface area (Å²) < 4.78 is 2.27. The molecule has 1 N–H and O–H groups in total. The second-order valence-corrected chi connectivity index (χ2v) is 5.76. The number of aryl methyl sites for hydroxylation is 2. The summed E-state index contributed by atoms with van der Waals surface area (Å²) in [6.07, 6.45) is 1.61. The van der Waals surface area contributed by atoms with Crippen LogP contribution in [-0.2, 0) is 17.8 Å². The van der Waals surface area contributed by atoms with Crippen LogP contribution in [0.25, 0.3) is 0 Å². The zero-order valence-electron chi connectivity index (χ0n) is 12.7. The lowest BCUT2D eigenvalue weighted by molar-refractivity contribution is -0.141. The summed E-state index contributed by atoms with van der Waals surface area (Å²) in [5, 5.41) is 13.4. The highest BCUT2D eigenvalue weighted by Gasteiger charge is 2.30. The molecule has 0 amide bonds. The van der Waals surface area contributed by atoms with Gasteiger partial charge in [0.05, 0.1) is 0 Å². The number of carbonyl (C=O) groups is 2. The third-order valence-corrected chi connectivity index (χ3v) is 4.08. The highest BCUT2D eigenvalue weighted by Crippen LogP contribution is 2.21. The maximum absolute atomic E-state index is 12.4. The number of fused-ring (bicyclic) bond motifs is 1. The average molecular weight is 315 g/mol. The fourth-order valence-electron chi connectivity index (χ4n) is 2.83. The lowest BCUT2D eigenvalue weighted by Crippen LogP contribution is -2.35. The van der Waals surface area contributed by atoms with Gasteiger partial charge in [-0.05, 0) is 19.8 Å². The number of hydrogen-bond donors (Lipinski definition) is 1. The van der Waals surface area contributed by atoms with E-state index in [-0.39, 0.29) is 12.3 Å². The average Bonchev–Trinajstić information content (AvgIpc) is 2.84. The van der Waals surface area contributed by atoms with E-state index in [0.717, 1.165) is 10.2 Å². The van der Waals surface area contributed by atoms with Gasteiger partial charge in [0.15, 0.2) is 5.78 Å². The molecule has 1 aliphatic rings. The number of rotatable bonds is 4. The predicted molar refractivity (Wildman–Crippen MR) is 81.6 cm³/mol. The number of carboxylic acids is 1. The van der Waals surface area contributed by atoms with Crippen molar-refractivity contribution in [2.24, 2.45) is 0 Å². The number of carboxylic acid groups (broad SMARTS) is 1. The fourth-order valence-corrected chi connectivity index (χ4v) is 2.83. The Morgan fingerprint density at radius 2 is 2.00 bits per heavy atom. The highest BCUT2D eigenvalue weighted by atomic mass is 16.4. The van der Waals surface area contributed by atoms with Gasteiger partial charge in [0.1, 0.15) is 18.4 Å². The minimum Gasteiger partial charge on any atom is -0.480 e. The molecule has 0 bridgehead atoms. The smallest absolute Gasteiger partial charge is 0.347 e. The minimum absolute atomic E-state index is 0.186. The van der Waals surface area contributed by atoms with Crippen molar-refractivity contribution in [3.63, 3.8) is 0 Å². The van der Waals surface area contributed by atoms with Crippen LogP contribution in [-0.4, -0.2) is 31.2 Å². The normalized spacial score (nSPS) is 16.8. The van der Waals surface area contributed by atoms with Gasteiger partial charge >= 0.3 is 11.7 Å². The van der Waals surface area contributed by atoms with Gasteiger partial charge in [-0.15, -0.1) is 0 Å². The Morgan fingerprint density at radius 1 is 1.30 bits per heavy atom. The van der Waals surface area contributed by atoms with Crippen molar-refractivity contribution in [1.29, 1.82) is 0 Å². The zero-order chi connectivity index (χ0) is 16.6. The summed E-state index contributed by atoms with van der Waals surface area (Å²) in [5.74, 6) is -0.836. The Bertz CT molecular complexity index is 817. The molecule has 0 spiro atoms. The van der Waals surface area contributed by atoms with Gasteiger partial charge in [-0.25, -0.2) is 14.3 Å². The molecule has 1 atom stereocenters. The van der Waals surface area contributed by atoms with Crippen molar-refractivity contribution in [3.05, 3.63) is 51.7 Å². The first-order valence-corrected chi connectivity index (χ1v) is 7.48. The van der Waals surface area contributed by atoms with E-state index in [1.54, 1.807) is 12.1 Å². The molecule has 1 aromatic carbocycles. The van der Waals surface area contributed by atoms with E-state index < -0.39 is 17.7 Å². The topological polar surface area (TPSA) is 94.2 Å². The number of carbonyl (C=O) groups excluding carboxylic acids is 1. The predicted octanol–water partition coefficient (Wildman–Crippen LogP) is 1.20. The molecule has 0 fully saturated rings. The third kappa shape index (κ3) is 2.81. The molecule has 0 saturated carbocycles. The van der Waals surface area contributed by atoms with E-state index in [2.05, 4.69) is 5.10 Å². The maximum atomic E-state index is 12.4. The van der Waals surface area contributed by atoms with Gasteiger partial charge in [0.2, 0.25) is 0 Å². The Morgan fingerprint density at radius 3 is 2.65 bits per heavy atom. The van der Waals surface area contributed by atoms with Crippen molar-refractivity contribution in [3.8, 4) is 0 Å². The molecule has 7 heteroatoms. The molecule has 120 valence electrons. The fraction of sp³-hybridized carbons (Fsp3) is 0.375. The van der Waals surface area contributed by atoms with Crippen molar-refractivity contribution in [2.45, 2.75) is 38.8 Å². The van der Waals surface area contributed by atoms with Crippen molar-refractivity contribution in [2.75, 3.05) is 0 Å². The number of ketones is 1. The molecule has 3 rings (SSSR count). The first-order chi connectivity index (χ1) is 11.0. The Hall–Kier alpha value is -2.70. The number of benzene rings is 1. The van der Waals surface area contributed by atoms with Crippen LogP contribution in [0.15, 0.2) is 29.1 Å². The molecule has 23 heavy (non-hydrogen) atoms. The molecular weight excluding hydrogens is 298 g/mol. The standard InChI is InChI=1S/C16H17N3O4/c1-10-5-7-11(8-6-10)13(20)9-18-16(23)19-12(15(21)22)3-2-4-14(19)17-18/h5-8,12H,2-4,9H2,1H3,(H,21,22). The second-order valence-electron chi connectivity index (χ2n) is 5.76. The molecule has 0 radical (unpaired) electrons. The summed E-state index contributed by atoms with van der Waals surface area (Å²) in [5.41, 5.74) is 1.01. The molecule has 2 aromatic rings. The molecule has 1 aliphatic heterocycles. The quantitative estimate of drug-likeness (QED) is 0.856. The summed E-state index contributed by atoms with van der Waals surface area (Å²) in [7, 11) is 0. The second kappa shape index (κ2) is 5.83. The molecule has 1 aromatic heterocycles. The van der Waals surface area contributed by atoms with E-state index in [1.807, 2.05) is 19.1 Å². The van der Waals surface area contributed by atoms with Crippen LogP contribution in [0.1, 0.15) is 40.6 Å². The molecular formula is C16H17N3O4. The Labute approximate surface area is 132 Å². The van der Waals surface area contributed by atoms with Crippen LogP contribution < -0.4 is 5.69 Å². The van der Waals surface area contributed by atoms with Crippen LogP contribution in [0.4, 0.5) is 0 Å². The van der Waals surface area contributed by atoms with E-state index >= 15 is 0 Å². The number of aliphatic carboxylic acids is 1. The van der Waals surface area contributed by atoms with Gasteiger partial charge < -0.3 is 5.11 Å². The van der Waals surface area contributed by atoms with Gasteiger partial charge in [-0.1, -0.05) is 29.8 Å². The SMILES string of the molecule is Cc1ccc(C(=O)Cn2nc3n(c2=O)C(C(=O)O)CCC3)cc1. The molecule has 7 nitrogen and oxygen atoms in total. The minimum atomic E-state index is -1.04. The van der Waals surface area contributed by atoms with Crippen molar-refractivity contribution >= 4 is 11.8 Å². The first kappa shape index (κ1) is 15.2. The van der Waals surface area contributed by atoms with Gasteiger partial charge in [-0.2, -0.15) is 5.10 Å². The van der Waals surface area contributed by atoms with Crippen LogP contribution in [0.3, 0.4) is 0 Å². The van der Waals surface area contributed by atoms with E-state index in [1.165, 1.54) is 4.57 Å². The molecule has 2 heterocycles. The lowest BCUT2D eigenvalue weighted by Gasteiger charge is -2.19. The van der Waals surface area contributed by atoms with Gasteiger partial charge in [0.25, 0.3) is 0 Å². The largest absolute Gasteiger partial charge is 0.480 e. The van der Waals surface area contributed by atoms with Crippen LogP contribution >= 0.6 is 0 Å². The molecule has 0 saturated heterocycles. The van der Waals surface area contributed by atoms with Crippen molar-refractivity contribution < 1.29 is 14.7 Å². The molecule has 1 unspecified atom stereocenters. The third-order valence-electron chi connectivity index (χ3n) is 4.08. The Balaban J connectivity index is 1.90. The lowest BCUT2D eigenvalue weighted by atomic mass is 10.1. The number of aromatic nitrogens is 3. The summed E-state index contributed by atoms with van der Waals surface area (Å²) in [4.78, 5) is 36.0. The van der Waals surface area contributed by atoms with E-state index in [9.17, 15) is 19.5 Å². The monoisotopic (exact) mass is 315 g/mol. The van der Waals surface area contributed by atoms with Gasteiger partial charge in [0, 0.05) is 12.0 Å². The summed E-state index contributed by atoms with van der Waals surface area (Å²) in [6, 6.07) is 6.18. The number of hydrogen-bond acceptors (Lipinski definition) is 4. The highest BCUT2D eigenvalue weighted by molar-refractivity contribution is 5.95. The van der Waals surface area contributed by atoms with Gasteiger partial charge in [-0.3, -0.25) is 9.36 Å². The zero-order valence-corrected chi connectivity index (χ0v) is 12.7.